The molecule has 0 radical (unpaired) electrons. The fourth-order valence-corrected chi connectivity index (χ4v) is 9.13. The molecule has 0 aromatic heterocycles. The van der Waals surface area contributed by atoms with Crippen LogP contribution in [0.15, 0.2) is 67.8 Å². The lowest BCUT2D eigenvalue weighted by molar-refractivity contribution is -0.144. The van der Waals surface area contributed by atoms with E-state index in [1.165, 1.54) is 0 Å². The van der Waals surface area contributed by atoms with Crippen molar-refractivity contribution in [3.63, 3.8) is 0 Å². The van der Waals surface area contributed by atoms with E-state index in [-0.39, 0.29) is 36.1 Å². The number of rotatable bonds is 10. The molecule has 1 spiro atoms. The Labute approximate surface area is 234 Å². The third-order valence-electron chi connectivity index (χ3n) is 8.73. The van der Waals surface area contributed by atoms with E-state index >= 15 is 0 Å². The van der Waals surface area contributed by atoms with E-state index < -0.39 is 28.7 Å². The number of thioether (sulfide) groups is 1. The molecule has 3 saturated heterocycles. The van der Waals surface area contributed by atoms with Crippen molar-refractivity contribution >= 4 is 45.9 Å². The highest BCUT2D eigenvalue weighted by Crippen LogP contribution is 2.67. The lowest BCUT2D eigenvalue weighted by Gasteiger charge is -2.39. The number of benzene rings is 2. The Bertz CT molecular complexity index is 1310. The monoisotopic (exact) mass is 547 g/mol. The van der Waals surface area contributed by atoms with Crippen LogP contribution >= 0.6 is 11.8 Å². The molecule has 206 valence electrons. The van der Waals surface area contributed by atoms with Crippen LogP contribution in [0.3, 0.4) is 0 Å². The second-order valence-electron chi connectivity index (χ2n) is 10.8. The van der Waals surface area contributed by atoms with E-state index in [2.05, 4.69) is 13.2 Å². The van der Waals surface area contributed by atoms with Crippen LogP contribution in [0.4, 0.5) is 5.69 Å². The van der Waals surface area contributed by atoms with E-state index in [1.54, 1.807) is 45.7 Å². The minimum Gasteiger partial charge on any atom is -0.394 e. The highest BCUT2D eigenvalue weighted by atomic mass is 32.2. The van der Waals surface area contributed by atoms with Crippen molar-refractivity contribution in [2.75, 3.05) is 31.6 Å². The highest BCUT2D eigenvalue weighted by molar-refractivity contribution is 8.02. The van der Waals surface area contributed by atoms with E-state index in [0.29, 0.717) is 19.4 Å². The summed E-state index contributed by atoms with van der Waals surface area (Å²) < 4.78 is -0.715. The van der Waals surface area contributed by atoms with Gasteiger partial charge >= 0.3 is 0 Å². The maximum absolute atomic E-state index is 14.7. The molecule has 3 heterocycles. The number of nitrogens with zero attached hydrogens (tertiary/aromatic N) is 3. The Balaban J connectivity index is 1.59. The maximum atomic E-state index is 14.7. The molecule has 3 amide bonds. The van der Waals surface area contributed by atoms with Crippen LogP contribution in [0.2, 0.25) is 0 Å². The van der Waals surface area contributed by atoms with E-state index in [4.69, 9.17) is 0 Å². The lowest BCUT2D eigenvalue weighted by atomic mass is 9.70. The molecule has 39 heavy (non-hydrogen) atoms. The summed E-state index contributed by atoms with van der Waals surface area (Å²) >= 11 is 1.65. The van der Waals surface area contributed by atoms with Crippen molar-refractivity contribution in [3.05, 3.63) is 67.8 Å². The predicted octanol–water partition coefficient (Wildman–Crippen LogP) is 3.87. The standard InChI is InChI=1S/C31H37N3O4S/c1-5-16-32(4)28(36)25-24-14-15-31(39-24)26(25)29(37)34(22(7-3)19-35)27(31)30(38)33(17-6-2)23-13-12-20-10-8-9-11-21(20)18-23/h5-6,8-13,18,22,24-27,35H,1-2,7,14-17,19H2,3-4H3/t22-,24+,25-,26-,27?,31?/m0/s1. The second-order valence-corrected chi connectivity index (χ2v) is 12.4. The molecular weight excluding hydrogens is 510 g/mol. The summed E-state index contributed by atoms with van der Waals surface area (Å²) in [5.41, 5.74) is 0.735. The van der Waals surface area contributed by atoms with Crippen molar-refractivity contribution in [2.45, 2.75) is 48.3 Å². The number of aliphatic hydroxyl groups excluding tert-OH is 1. The Morgan fingerprint density at radius 2 is 1.87 bits per heavy atom. The molecule has 7 nitrogen and oxygen atoms in total. The number of likely N-dealkylation sites (N-methyl/N-ethyl adjacent to an activating group) is 1. The van der Waals surface area contributed by atoms with Gasteiger partial charge in [-0.25, -0.2) is 0 Å². The molecule has 2 aromatic carbocycles. The largest absolute Gasteiger partial charge is 0.394 e. The maximum Gasteiger partial charge on any atom is 0.251 e. The molecule has 5 rings (SSSR count). The number of aliphatic hydroxyl groups is 1. The van der Waals surface area contributed by atoms with E-state index in [9.17, 15) is 19.5 Å². The van der Waals surface area contributed by atoms with Crippen LogP contribution in [-0.2, 0) is 14.4 Å². The first kappa shape index (κ1) is 27.5. The molecule has 3 aliphatic rings. The number of carbonyl (C=O) groups excluding carboxylic acids is 3. The smallest absolute Gasteiger partial charge is 0.251 e. The fraction of sp³-hybridized carbons (Fsp3) is 0.452. The van der Waals surface area contributed by atoms with Gasteiger partial charge in [0.05, 0.1) is 29.2 Å². The Hall–Kier alpha value is -3.10. The summed E-state index contributed by atoms with van der Waals surface area (Å²) in [7, 11) is 1.74. The van der Waals surface area contributed by atoms with Crippen LogP contribution in [0, 0.1) is 11.8 Å². The summed E-state index contributed by atoms with van der Waals surface area (Å²) in [6.07, 6.45) is 5.34. The highest BCUT2D eigenvalue weighted by Gasteiger charge is 2.74. The number of likely N-dealkylation sites (tertiary alicyclic amines) is 1. The van der Waals surface area contributed by atoms with Crippen LogP contribution < -0.4 is 4.90 Å². The molecule has 8 heteroatoms. The van der Waals surface area contributed by atoms with E-state index in [1.807, 2.05) is 49.4 Å². The summed E-state index contributed by atoms with van der Waals surface area (Å²) in [6.45, 7) is 10.0. The Morgan fingerprint density at radius 1 is 1.15 bits per heavy atom. The van der Waals surface area contributed by atoms with Crippen LogP contribution in [0.25, 0.3) is 10.8 Å². The molecule has 2 bridgehead atoms. The van der Waals surface area contributed by atoms with Gasteiger partial charge in [-0.15, -0.1) is 24.9 Å². The van der Waals surface area contributed by atoms with Gasteiger partial charge in [0.15, 0.2) is 0 Å². The summed E-state index contributed by atoms with van der Waals surface area (Å²) in [4.78, 5) is 47.5. The van der Waals surface area contributed by atoms with Gasteiger partial charge in [0, 0.05) is 31.1 Å². The minimum atomic E-state index is -0.781. The molecule has 2 unspecified atom stereocenters. The van der Waals surface area contributed by atoms with Gasteiger partial charge in [0.1, 0.15) is 6.04 Å². The van der Waals surface area contributed by atoms with Gasteiger partial charge in [-0.1, -0.05) is 49.4 Å². The predicted molar refractivity (Wildman–Crippen MR) is 156 cm³/mol. The van der Waals surface area contributed by atoms with Crippen molar-refractivity contribution in [3.8, 4) is 0 Å². The number of hydrogen-bond acceptors (Lipinski definition) is 5. The van der Waals surface area contributed by atoms with Crippen molar-refractivity contribution in [2.24, 2.45) is 11.8 Å². The zero-order chi connectivity index (χ0) is 27.9. The van der Waals surface area contributed by atoms with Gasteiger partial charge in [0.2, 0.25) is 11.8 Å². The zero-order valence-electron chi connectivity index (χ0n) is 22.7. The van der Waals surface area contributed by atoms with Crippen molar-refractivity contribution in [1.82, 2.24) is 9.80 Å². The third-order valence-corrected chi connectivity index (χ3v) is 10.7. The van der Waals surface area contributed by atoms with Gasteiger partial charge < -0.3 is 19.8 Å². The molecule has 6 atom stereocenters. The molecule has 3 aliphatic heterocycles. The average Bonchev–Trinajstić information content (AvgIpc) is 3.59. The topological polar surface area (TPSA) is 81.2 Å². The van der Waals surface area contributed by atoms with Crippen LogP contribution in [0.1, 0.15) is 26.2 Å². The lowest BCUT2D eigenvalue weighted by Crippen LogP contribution is -2.57. The van der Waals surface area contributed by atoms with Gasteiger partial charge in [-0.3, -0.25) is 14.4 Å². The first-order valence-electron chi connectivity index (χ1n) is 13.7. The molecule has 0 aliphatic carbocycles. The van der Waals surface area contributed by atoms with E-state index in [0.717, 1.165) is 22.9 Å². The summed E-state index contributed by atoms with van der Waals surface area (Å²) in [5, 5.41) is 12.4. The quantitative estimate of drug-likeness (QED) is 0.457. The van der Waals surface area contributed by atoms with Crippen LogP contribution in [-0.4, -0.2) is 81.5 Å². The third kappa shape index (κ3) is 4.28. The molecule has 0 saturated carbocycles. The zero-order valence-corrected chi connectivity index (χ0v) is 23.5. The molecule has 2 aromatic rings. The Morgan fingerprint density at radius 3 is 2.54 bits per heavy atom. The molecule has 3 fully saturated rings. The number of fused-ring (bicyclic) bond motifs is 2. The molecule has 1 N–H and O–H groups in total. The SMILES string of the molecule is C=CCN(C)C(=O)[C@@H]1[C@H]2C(=O)N([C@@H](CC)CO)C(C(=O)N(CC=C)c3ccc4ccccc4c3)C23CC[C@H]1S3. The van der Waals surface area contributed by atoms with Crippen LogP contribution in [0.5, 0.6) is 0 Å². The molecular formula is C31H37N3O4S. The summed E-state index contributed by atoms with van der Waals surface area (Å²) in [5.74, 6) is -1.54. The number of anilines is 1. The van der Waals surface area contributed by atoms with Gasteiger partial charge in [-0.05, 0) is 42.2 Å². The van der Waals surface area contributed by atoms with Crippen molar-refractivity contribution in [1.29, 1.82) is 0 Å². The number of hydrogen-bond donors (Lipinski definition) is 1. The normalized spacial score (nSPS) is 27.9. The van der Waals surface area contributed by atoms with Crippen molar-refractivity contribution < 1.29 is 19.5 Å². The number of carbonyl (C=O) groups is 3. The first-order chi connectivity index (χ1) is 18.8. The van der Waals surface area contributed by atoms with Gasteiger partial charge in [0.25, 0.3) is 5.91 Å². The summed E-state index contributed by atoms with van der Waals surface area (Å²) in [6, 6.07) is 12.6. The van der Waals surface area contributed by atoms with Gasteiger partial charge in [-0.2, -0.15) is 0 Å². The first-order valence-corrected chi connectivity index (χ1v) is 14.6. The number of amides is 3. The average molecular weight is 548 g/mol. The minimum absolute atomic E-state index is 0.0149. The second kappa shape index (κ2) is 10.8. The fourth-order valence-electron chi connectivity index (χ4n) is 6.94. The Kier molecular flexibility index (Phi) is 7.62.